The minimum absolute atomic E-state index is 0.0810. The Labute approximate surface area is 80.7 Å². The van der Waals surface area contributed by atoms with Crippen LogP contribution in [0.4, 0.5) is 11.4 Å². The molecule has 1 aromatic rings. The molecule has 0 aliphatic rings. The topological polar surface area (TPSA) is 83.5 Å². The summed E-state index contributed by atoms with van der Waals surface area (Å²) in [6.45, 7) is 0. The van der Waals surface area contributed by atoms with Crippen LogP contribution in [0.1, 0.15) is 0 Å². The Balaban J connectivity index is 3.35. The van der Waals surface area contributed by atoms with Crippen LogP contribution in [0.25, 0.3) is 0 Å². The maximum atomic E-state index is 10.5. The number of nitro groups is 1. The van der Waals surface area contributed by atoms with E-state index in [1.54, 1.807) is 0 Å². The number of hydrogen-bond donors (Lipinski definition) is 1. The normalized spacial score (nSPS) is 9.62. The van der Waals surface area contributed by atoms with E-state index in [2.05, 4.69) is 0 Å². The van der Waals surface area contributed by atoms with Crippen molar-refractivity contribution in [1.82, 2.24) is 0 Å². The number of nitrogens with zero attached hydrogens (tertiary/aromatic N) is 2. The fourth-order valence-corrected chi connectivity index (χ4v) is 1.48. The van der Waals surface area contributed by atoms with Crippen LogP contribution in [0.5, 0.6) is 0 Å². The Hall–Kier alpha value is -1.46. The van der Waals surface area contributed by atoms with E-state index in [0.717, 1.165) is 0 Å². The van der Waals surface area contributed by atoms with Gasteiger partial charge >= 0.3 is 80.1 Å². The van der Waals surface area contributed by atoms with Crippen LogP contribution in [0.15, 0.2) is 18.2 Å². The molecule has 7 heteroatoms. The molecule has 13 heavy (non-hydrogen) atoms. The van der Waals surface area contributed by atoms with Crippen LogP contribution < -0.4 is 4.46 Å². The Morgan fingerprint density at radius 3 is 2.31 bits per heavy atom. The molecule has 0 aliphatic heterocycles. The van der Waals surface area contributed by atoms with Crippen molar-refractivity contribution < 1.29 is 15.1 Å². The van der Waals surface area contributed by atoms with Gasteiger partial charge in [0.05, 0.1) is 0 Å². The van der Waals surface area contributed by atoms with Crippen molar-refractivity contribution in [3.63, 3.8) is 0 Å². The molecule has 0 amide bonds. The molecular weight excluding hydrogens is 243 g/mol. The fourth-order valence-electron chi connectivity index (χ4n) is 0.821. The van der Waals surface area contributed by atoms with E-state index in [4.69, 9.17) is 5.21 Å². The van der Waals surface area contributed by atoms with Gasteiger partial charge in [-0.05, 0) is 0 Å². The summed E-state index contributed by atoms with van der Waals surface area (Å²) in [6, 6.07) is 3.86. The van der Waals surface area contributed by atoms with Gasteiger partial charge in [-0.15, -0.1) is 0 Å². The quantitative estimate of drug-likeness (QED) is 0.450. The zero-order chi connectivity index (χ0) is 10.0. The van der Waals surface area contributed by atoms with Gasteiger partial charge in [0.15, 0.2) is 0 Å². The van der Waals surface area contributed by atoms with Crippen LogP contribution in [0, 0.1) is 15.0 Å². The number of benzene rings is 1. The Bertz CT molecular complexity index is 347. The molecule has 6 nitrogen and oxygen atoms in total. The first-order chi connectivity index (χ1) is 6.04. The van der Waals surface area contributed by atoms with Crippen LogP contribution in [-0.2, 0) is 0 Å². The number of hydrogen-bond acceptors (Lipinski definition) is 3. The molecule has 1 rings (SSSR count). The van der Waals surface area contributed by atoms with Crippen LogP contribution in [0.2, 0.25) is 0 Å². The van der Waals surface area contributed by atoms with Crippen molar-refractivity contribution in [2.24, 2.45) is 0 Å². The van der Waals surface area contributed by atoms with Crippen molar-refractivity contribution >= 4 is 31.8 Å². The van der Waals surface area contributed by atoms with E-state index in [1.165, 1.54) is 18.2 Å². The first kappa shape index (κ1) is 9.63. The molecule has 0 radical (unpaired) electrons. The molecule has 0 aromatic heterocycles. The van der Waals surface area contributed by atoms with Gasteiger partial charge in [0, 0.05) is 0 Å². The zero-order valence-electron chi connectivity index (χ0n) is 6.25. The summed E-state index contributed by atoms with van der Waals surface area (Å²) >= 11 is 1.88. The standard InChI is InChI=1S/C6H4N2O4Se/c9-7(10)4-2-1-3-5(6(4)13)8(11)12/h1-3H,(H-,9,10,13)/p+1. The predicted octanol–water partition coefficient (Wildman–Crippen LogP) is -0.0795. The van der Waals surface area contributed by atoms with Crippen molar-refractivity contribution in [3.8, 4) is 0 Å². The summed E-state index contributed by atoms with van der Waals surface area (Å²) in [4.78, 5) is 19.8. The first-order valence-corrected chi connectivity index (χ1v) is 4.10. The Morgan fingerprint density at radius 1 is 1.31 bits per heavy atom. The van der Waals surface area contributed by atoms with Gasteiger partial charge < -0.3 is 0 Å². The second-order valence-corrected chi connectivity index (χ2v) is 3.11. The van der Waals surface area contributed by atoms with Gasteiger partial charge in [-0.2, -0.15) is 0 Å². The minimum atomic E-state index is -0.624. The van der Waals surface area contributed by atoms with Gasteiger partial charge in [-0.1, -0.05) is 0 Å². The molecule has 0 fully saturated rings. The second kappa shape index (κ2) is 3.51. The third kappa shape index (κ3) is 1.82. The third-order valence-electron chi connectivity index (χ3n) is 1.40. The molecule has 0 unspecified atom stereocenters. The molecule has 0 saturated carbocycles. The summed E-state index contributed by atoms with van der Waals surface area (Å²) < 4.78 is 0.0810. The van der Waals surface area contributed by atoms with Crippen LogP contribution >= 0.6 is 0 Å². The summed E-state index contributed by atoms with van der Waals surface area (Å²) in [5, 5.41) is 18.9. The molecular formula is C6H5N2O4Se+. The number of nitro benzene ring substituents is 1. The van der Waals surface area contributed by atoms with E-state index in [-0.39, 0.29) is 15.8 Å². The summed E-state index contributed by atoms with van der Waals surface area (Å²) in [5.74, 6) is 0. The van der Waals surface area contributed by atoms with E-state index in [0.29, 0.717) is 0 Å². The van der Waals surface area contributed by atoms with Crippen molar-refractivity contribution in [1.29, 1.82) is 0 Å². The van der Waals surface area contributed by atoms with E-state index < -0.39 is 9.85 Å². The van der Waals surface area contributed by atoms with Gasteiger partial charge in [0.2, 0.25) is 0 Å². The summed E-state index contributed by atoms with van der Waals surface area (Å²) in [5.41, 5.74) is -0.360. The molecule has 0 bridgehead atoms. The molecule has 0 spiro atoms. The predicted molar refractivity (Wildman–Crippen MR) is 45.0 cm³/mol. The van der Waals surface area contributed by atoms with Crippen molar-refractivity contribution in [3.05, 3.63) is 33.2 Å². The molecule has 0 heterocycles. The van der Waals surface area contributed by atoms with Crippen LogP contribution in [-0.4, -0.2) is 31.1 Å². The monoisotopic (exact) mass is 249 g/mol. The molecule has 0 saturated heterocycles. The summed E-state index contributed by atoms with van der Waals surface area (Å²) in [6.07, 6.45) is 0. The van der Waals surface area contributed by atoms with Crippen LogP contribution in [0.3, 0.4) is 0 Å². The van der Waals surface area contributed by atoms with Crippen molar-refractivity contribution in [2.45, 2.75) is 0 Å². The average molecular weight is 248 g/mol. The van der Waals surface area contributed by atoms with E-state index >= 15 is 0 Å². The van der Waals surface area contributed by atoms with Gasteiger partial charge in [0.25, 0.3) is 0 Å². The molecule has 68 valence electrons. The molecule has 1 N–H and O–H groups in total. The average Bonchev–Trinajstić information content (AvgIpc) is 2.03. The first-order valence-electron chi connectivity index (χ1n) is 3.16. The van der Waals surface area contributed by atoms with E-state index in [1.807, 2.05) is 16.0 Å². The van der Waals surface area contributed by atoms with Gasteiger partial charge in [0.1, 0.15) is 0 Å². The maximum absolute atomic E-state index is 10.5. The summed E-state index contributed by atoms with van der Waals surface area (Å²) in [7, 11) is 0. The third-order valence-corrected chi connectivity index (χ3v) is 2.36. The van der Waals surface area contributed by atoms with E-state index in [9.17, 15) is 15.0 Å². The Morgan fingerprint density at radius 2 is 1.85 bits per heavy atom. The molecule has 0 aliphatic carbocycles. The molecule has 1 aromatic carbocycles. The van der Waals surface area contributed by atoms with Crippen molar-refractivity contribution in [2.75, 3.05) is 0 Å². The van der Waals surface area contributed by atoms with Gasteiger partial charge in [-0.25, -0.2) is 0 Å². The molecule has 0 atom stereocenters. The zero-order valence-corrected chi connectivity index (χ0v) is 8.12. The fraction of sp³-hybridized carbons (Fsp3) is 0. The van der Waals surface area contributed by atoms with Gasteiger partial charge in [-0.3, -0.25) is 0 Å². The Kier molecular flexibility index (Phi) is 2.60. The SMILES string of the molecule is O=[N+]([O-])c1cccc([N+](=O)O)c1[SeH]. The number of rotatable bonds is 2. The second-order valence-electron chi connectivity index (χ2n) is 2.17.